The minimum Gasteiger partial charge on any atom is -0.398 e. The van der Waals surface area contributed by atoms with Gasteiger partial charge in [-0.3, -0.25) is 4.79 Å². The van der Waals surface area contributed by atoms with Crippen LogP contribution in [0.1, 0.15) is 19.4 Å². The molecule has 5 nitrogen and oxygen atoms in total. The second kappa shape index (κ2) is 5.21. The van der Waals surface area contributed by atoms with Crippen LogP contribution >= 0.6 is 0 Å². The van der Waals surface area contributed by atoms with Gasteiger partial charge < -0.3 is 16.8 Å². The zero-order valence-electron chi connectivity index (χ0n) is 9.90. The number of benzene rings is 1. The van der Waals surface area contributed by atoms with Crippen LogP contribution < -0.4 is 16.8 Å². The van der Waals surface area contributed by atoms with E-state index in [1.807, 2.05) is 19.9 Å². The number of hydrogen-bond donors (Lipinski definition) is 3. The summed E-state index contributed by atoms with van der Waals surface area (Å²) < 4.78 is 0. The summed E-state index contributed by atoms with van der Waals surface area (Å²) in [6, 6.07) is 6.45. The van der Waals surface area contributed by atoms with E-state index in [0.717, 1.165) is 0 Å². The summed E-state index contributed by atoms with van der Waals surface area (Å²) in [4.78, 5) is 11.2. The Morgan fingerprint density at radius 2 is 2.12 bits per heavy atom. The lowest BCUT2D eigenvalue weighted by Crippen LogP contribution is -2.39. The lowest BCUT2D eigenvalue weighted by Gasteiger charge is -2.20. The van der Waals surface area contributed by atoms with Gasteiger partial charge >= 0.3 is 0 Å². The van der Waals surface area contributed by atoms with Gasteiger partial charge in [-0.1, -0.05) is 13.8 Å². The molecule has 90 valence electrons. The number of anilines is 2. The predicted molar refractivity (Wildman–Crippen MR) is 67.0 cm³/mol. The fourth-order valence-electron chi connectivity index (χ4n) is 1.50. The Morgan fingerprint density at radius 1 is 1.47 bits per heavy atom. The van der Waals surface area contributed by atoms with Crippen LogP contribution in [-0.4, -0.2) is 11.9 Å². The van der Waals surface area contributed by atoms with Gasteiger partial charge in [0.25, 0.3) is 0 Å². The van der Waals surface area contributed by atoms with Gasteiger partial charge in [-0.05, 0) is 24.1 Å². The number of amides is 1. The van der Waals surface area contributed by atoms with E-state index in [1.54, 1.807) is 18.2 Å². The summed E-state index contributed by atoms with van der Waals surface area (Å²) in [7, 11) is 0. The molecule has 17 heavy (non-hydrogen) atoms. The van der Waals surface area contributed by atoms with E-state index >= 15 is 0 Å². The fraction of sp³-hybridized carbons (Fsp3) is 0.333. The molecule has 1 rings (SSSR count). The zero-order valence-corrected chi connectivity index (χ0v) is 9.90. The summed E-state index contributed by atoms with van der Waals surface area (Å²) in [6.45, 7) is 3.80. The van der Waals surface area contributed by atoms with E-state index in [4.69, 9.17) is 16.7 Å². The molecule has 1 atom stereocenters. The van der Waals surface area contributed by atoms with E-state index in [2.05, 4.69) is 5.32 Å². The smallest absolute Gasteiger partial charge is 0.240 e. The Bertz CT molecular complexity index is 462. The molecular weight excluding hydrogens is 216 g/mol. The molecule has 0 spiro atoms. The third-order valence-corrected chi connectivity index (χ3v) is 2.47. The van der Waals surface area contributed by atoms with Crippen LogP contribution in [0.25, 0.3) is 0 Å². The molecule has 0 saturated carbocycles. The van der Waals surface area contributed by atoms with Crippen LogP contribution in [0.15, 0.2) is 18.2 Å². The zero-order chi connectivity index (χ0) is 13.0. The van der Waals surface area contributed by atoms with Crippen LogP contribution in [0.2, 0.25) is 0 Å². The number of primary amides is 1. The number of nitriles is 1. The molecule has 1 unspecified atom stereocenters. The van der Waals surface area contributed by atoms with Gasteiger partial charge in [-0.15, -0.1) is 0 Å². The molecule has 0 radical (unpaired) electrons. The topological polar surface area (TPSA) is 105 Å². The van der Waals surface area contributed by atoms with E-state index < -0.39 is 11.9 Å². The molecule has 1 aromatic rings. The molecule has 0 fully saturated rings. The molecule has 5 heteroatoms. The number of nitrogens with two attached hydrogens (primary N) is 2. The number of carbonyl (C=O) groups is 1. The Hall–Kier alpha value is -2.22. The summed E-state index contributed by atoms with van der Waals surface area (Å²) >= 11 is 0. The highest BCUT2D eigenvalue weighted by Crippen LogP contribution is 2.19. The average Bonchev–Trinajstić information content (AvgIpc) is 2.25. The molecule has 5 N–H and O–H groups in total. The van der Waals surface area contributed by atoms with Crippen molar-refractivity contribution in [2.45, 2.75) is 19.9 Å². The highest BCUT2D eigenvalue weighted by molar-refractivity contribution is 5.83. The number of nitrogens with zero attached hydrogens (tertiary/aromatic N) is 1. The van der Waals surface area contributed by atoms with E-state index in [9.17, 15) is 4.79 Å². The maximum Gasteiger partial charge on any atom is 0.240 e. The highest BCUT2D eigenvalue weighted by Gasteiger charge is 2.19. The largest absolute Gasteiger partial charge is 0.398 e. The molecular formula is C12H16N4O. The first kappa shape index (κ1) is 12.8. The van der Waals surface area contributed by atoms with Crippen molar-refractivity contribution in [2.75, 3.05) is 11.1 Å². The Kier molecular flexibility index (Phi) is 3.94. The monoisotopic (exact) mass is 232 g/mol. The van der Waals surface area contributed by atoms with Gasteiger partial charge in [0.05, 0.1) is 11.3 Å². The number of hydrogen-bond acceptors (Lipinski definition) is 4. The first-order valence-electron chi connectivity index (χ1n) is 5.31. The first-order valence-corrected chi connectivity index (χ1v) is 5.31. The molecule has 1 aromatic carbocycles. The normalized spacial score (nSPS) is 11.9. The van der Waals surface area contributed by atoms with E-state index in [-0.39, 0.29) is 5.92 Å². The number of carbonyl (C=O) groups excluding carboxylic acids is 1. The van der Waals surface area contributed by atoms with Gasteiger partial charge in [-0.2, -0.15) is 5.26 Å². The molecule has 0 aromatic heterocycles. The van der Waals surface area contributed by atoms with Crippen LogP contribution in [0.4, 0.5) is 11.4 Å². The molecule has 0 heterocycles. The lowest BCUT2D eigenvalue weighted by molar-refractivity contribution is -0.119. The SMILES string of the molecule is CC(C)C(Nc1ccc(C#N)c(N)c1)C(N)=O. The van der Waals surface area contributed by atoms with E-state index in [1.165, 1.54) is 0 Å². The quantitative estimate of drug-likeness (QED) is 0.675. The number of nitrogen functional groups attached to an aromatic ring is 1. The predicted octanol–water partition coefficient (Wildman–Crippen LogP) is 1.06. The van der Waals surface area contributed by atoms with Crippen LogP contribution in [0.5, 0.6) is 0 Å². The van der Waals surface area contributed by atoms with Gasteiger partial charge in [0.1, 0.15) is 12.1 Å². The third kappa shape index (κ3) is 3.11. The molecule has 1 amide bonds. The van der Waals surface area contributed by atoms with Gasteiger partial charge in [-0.25, -0.2) is 0 Å². The van der Waals surface area contributed by atoms with Crippen molar-refractivity contribution < 1.29 is 4.79 Å². The Morgan fingerprint density at radius 3 is 2.53 bits per heavy atom. The van der Waals surface area contributed by atoms with E-state index in [0.29, 0.717) is 16.9 Å². The molecule has 0 aliphatic heterocycles. The maximum atomic E-state index is 11.2. The minimum absolute atomic E-state index is 0.0735. The van der Waals surface area contributed by atoms with Crippen molar-refractivity contribution in [3.63, 3.8) is 0 Å². The third-order valence-electron chi connectivity index (χ3n) is 2.47. The first-order chi connectivity index (χ1) is 7.95. The minimum atomic E-state index is -0.456. The Balaban J connectivity index is 2.92. The van der Waals surface area contributed by atoms with Crippen molar-refractivity contribution in [1.29, 1.82) is 5.26 Å². The number of nitrogens with one attached hydrogen (secondary N) is 1. The highest BCUT2D eigenvalue weighted by atomic mass is 16.1. The lowest BCUT2D eigenvalue weighted by atomic mass is 10.0. The summed E-state index contributed by atoms with van der Waals surface area (Å²) in [5.74, 6) is -0.340. The summed E-state index contributed by atoms with van der Waals surface area (Å²) in [5, 5.41) is 11.7. The fourth-order valence-corrected chi connectivity index (χ4v) is 1.50. The van der Waals surface area contributed by atoms with Crippen molar-refractivity contribution in [1.82, 2.24) is 0 Å². The van der Waals surface area contributed by atoms with Gasteiger partial charge in [0, 0.05) is 5.69 Å². The van der Waals surface area contributed by atoms with Crippen molar-refractivity contribution in [3.05, 3.63) is 23.8 Å². The molecule has 0 saturated heterocycles. The second-order valence-electron chi connectivity index (χ2n) is 4.18. The molecule has 0 bridgehead atoms. The Labute approximate surface area is 100 Å². The molecule has 0 aliphatic rings. The maximum absolute atomic E-state index is 11.2. The molecule has 0 aliphatic carbocycles. The van der Waals surface area contributed by atoms with Gasteiger partial charge in [0.2, 0.25) is 5.91 Å². The summed E-state index contributed by atoms with van der Waals surface area (Å²) in [5.41, 5.74) is 12.4. The van der Waals surface area contributed by atoms with Crippen LogP contribution in [-0.2, 0) is 4.79 Å². The second-order valence-corrected chi connectivity index (χ2v) is 4.18. The van der Waals surface area contributed by atoms with Crippen molar-refractivity contribution >= 4 is 17.3 Å². The van der Waals surface area contributed by atoms with Crippen LogP contribution in [0, 0.1) is 17.2 Å². The standard InChI is InChI=1S/C12H16N4O/c1-7(2)11(12(15)17)16-9-4-3-8(6-13)10(14)5-9/h3-5,7,11,16H,14H2,1-2H3,(H2,15,17). The van der Waals surface area contributed by atoms with Gasteiger partial charge in [0.15, 0.2) is 0 Å². The van der Waals surface area contributed by atoms with Crippen LogP contribution in [0.3, 0.4) is 0 Å². The summed E-state index contributed by atoms with van der Waals surface area (Å²) in [6.07, 6.45) is 0. The number of rotatable bonds is 4. The average molecular weight is 232 g/mol. The van der Waals surface area contributed by atoms with Crippen molar-refractivity contribution in [3.8, 4) is 6.07 Å². The van der Waals surface area contributed by atoms with Crippen molar-refractivity contribution in [2.24, 2.45) is 11.7 Å².